The zero-order valence-corrected chi connectivity index (χ0v) is 39.7. The van der Waals surface area contributed by atoms with Gasteiger partial charge in [-0.25, -0.2) is 4.79 Å². The van der Waals surface area contributed by atoms with Crippen molar-refractivity contribution in [2.45, 2.75) is 27.7 Å². The van der Waals surface area contributed by atoms with Crippen LogP contribution in [-0.4, -0.2) is 82.7 Å². The lowest BCUT2D eigenvalue weighted by atomic mass is 9.89. The van der Waals surface area contributed by atoms with Crippen molar-refractivity contribution in [2.24, 2.45) is 5.11 Å². The van der Waals surface area contributed by atoms with Crippen LogP contribution in [0, 0.1) is 0 Å². The van der Waals surface area contributed by atoms with Crippen molar-refractivity contribution in [3.8, 4) is 23.0 Å². The van der Waals surface area contributed by atoms with E-state index in [2.05, 4.69) is 90.3 Å². The van der Waals surface area contributed by atoms with Gasteiger partial charge in [0.25, 0.3) is 5.91 Å². The summed E-state index contributed by atoms with van der Waals surface area (Å²) in [5, 5.41) is 19.6. The van der Waals surface area contributed by atoms with Crippen LogP contribution in [0.15, 0.2) is 126 Å². The Balaban J connectivity index is 0.000000214. The maximum atomic E-state index is 13.4. The molecule has 6 aromatic rings. The molecular formula is C56H58N6O7. The molecule has 2 heterocycles. The zero-order chi connectivity index (χ0) is 48.9. The van der Waals surface area contributed by atoms with E-state index in [9.17, 15) is 14.7 Å². The monoisotopic (exact) mass is 926 g/mol. The summed E-state index contributed by atoms with van der Waals surface area (Å²) in [6.07, 6.45) is 0. The van der Waals surface area contributed by atoms with Crippen LogP contribution in [-0.2, 0) is 9.47 Å². The lowest BCUT2D eigenvalue weighted by Crippen LogP contribution is -2.29. The molecule has 0 saturated carbocycles. The number of anilines is 2. The normalized spacial score (nSPS) is 11.8. The van der Waals surface area contributed by atoms with Crippen molar-refractivity contribution in [1.29, 1.82) is 0 Å². The van der Waals surface area contributed by atoms with Crippen LogP contribution in [0.2, 0.25) is 0 Å². The molecule has 0 fully saturated rings. The van der Waals surface area contributed by atoms with Gasteiger partial charge in [0.2, 0.25) is 0 Å². The van der Waals surface area contributed by atoms with Crippen molar-refractivity contribution < 1.29 is 33.6 Å². The average molecular weight is 927 g/mol. The van der Waals surface area contributed by atoms with Crippen LogP contribution in [0.4, 0.5) is 11.4 Å². The smallest absolute Gasteiger partial charge is 0.336 e. The van der Waals surface area contributed by atoms with Crippen molar-refractivity contribution in [2.75, 3.05) is 75.5 Å². The Morgan fingerprint density at radius 3 is 1.58 bits per heavy atom. The summed E-state index contributed by atoms with van der Waals surface area (Å²) >= 11 is 0. The molecule has 2 aliphatic heterocycles. The largest absolute Gasteiger partial charge is 0.478 e. The number of azide groups is 1. The number of carboxylic acid groups (broad SMARTS) is 1. The minimum Gasteiger partial charge on any atom is -0.478 e. The topological polar surface area (TPSA) is 159 Å². The Morgan fingerprint density at radius 1 is 0.609 bits per heavy atom. The first-order valence-corrected chi connectivity index (χ1v) is 23.3. The molecule has 0 spiro atoms. The van der Waals surface area contributed by atoms with Gasteiger partial charge in [-0.3, -0.25) is 4.79 Å². The summed E-state index contributed by atoms with van der Waals surface area (Å²) in [7, 11) is 0. The van der Waals surface area contributed by atoms with Crippen molar-refractivity contribution in [1.82, 2.24) is 5.32 Å². The third-order valence-corrected chi connectivity index (χ3v) is 12.0. The lowest BCUT2D eigenvalue weighted by molar-refractivity contribution is 0.0511. The first-order chi connectivity index (χ1) is 33.6. The second kappa shape index (κ2) is 23.3. The van der Waals surface area contributed by atoms with Gasteiger partial charge in [0.1, 0.15) is 23.0 Å². The quantitative estimate of drug-likeness (QED) is 0.0352. The fourth-order valence-corrected chi connectivity index (χ4v) is 8.59. The molecule has 1 amide bonds. The predicted molar refractivity (Wildman–Crippen MR) is 274 cm³/mol. The number of nitrogens with zero attached hydrogens (tertiary/aromatic N) is 5. The number of hydrogen-bond acceptors (Lipinski definition) is 9. The highest BCUT2D eigenvalue weighted by molar-refractivity contribution is 6.02. The minimum atomic E-state index is -0.948. The molecule has 354 valence electrons. The van der Waals surface area contributed by atoms with Gasteiger partial charge >= 0.3 is 5.97 Å². The lowest BCUT2D eigenvalue weighted by Gasteiger charge is -2.26. The van der Waals surface area contributed by atoms with Gasteiger partial charge in [-0.1, -0.05) is 78.9 Å². The molecule has 0 unspecified atom stereocenters. The number of aromatic carboxylic acids is 1. The van der Waals surface area contributed by atoms with E-state index in [1.54, 1.807) is 12.1 Å². The number of amides is 1. The number of rotatable bonds is 19. The highest BCUT2D eigenvalue weighted by Gasteiger charge is 2.26. The molecule has 2 aliphatic rings. The van der Waals surface area contributed by atoms with Gasteiger partial charge < -0.3 is 39.2 Å². The van der Waals surface area contributed by atoms with Crippen molar-refractivity contribution in [3.63, 3.8) is 0 Å². The van der Waals surface area contributed by atoms with Crippen LogP contribution < -0.4 is 45.5 Å². The van der Waals surface area contributed by atoms with Gasteiger partial charge in [-0.05, 0) is 103 Å². The van der Waals surface area contributed by atoms with E-state index in [4.69, 9.17) is 24.5 Å². The van der Waals surface area contributed by atoms with E-state index in [0.29, 0.717) is 56.4 Å². The van der Waals surface area contributed by atoms with Crippen LogP contribution >= 0.6 is 0 Å². The van der Waals surface area contributed by atoms with Gasteiger partial charge in [-0.2, -0.15) is 0 Å². The number of fused-ring (bicyclic) bond motifs is 4. The van der Waals surface area contributed by atoms with Gasteiger partial charge in [0.05, 0.1) is 32.0 Å². The molecule has 2 N–H and O–H groups in total. The zero-order valence-electron chi connectivity index (χ0n) is 39.7. The number of nitrogens with one attached hydrogen (secondary N) is 1. The van der Waals surface area contributed by atoms with Crippen LogP contribution in [0.3, 0.4) is 0 Å². The van der Waals surface area contributed by atoms with E-state index in [0.717, 1.165) is 104 Å². The fraction of sp³-hybridized carbons (Fsp3) is 0.250. The van der Waals surface area contributed by atoms with Crippen LogP contribution in [0.5, 0.6) is 23.0 Å². The first kappa shape index (κ1) is 49.1. The summed E-state index contributed by atoms with van der Waals surface area (Å²) in [6.45, 7) is 22.3. The Hall–Kier alpha value is -7.83. The molecule has 69 heavy (non-hydrogen) atoms. The summed E-state index contributed by atoms with van der Waals surface area (Å²) in [5.74, 6) is 1.76. The third-order valence-electron chi connectivity index (χ3n) is 12.0. The third kappa shape index (κ3) is 11.3. The molecule has 13 heteroatoms. The van der Waals surface area contributed by atoms with Crippen molar-refractivity contribution >= 4 is 47.6 Å². The minimum absolute atomic E-state index is 0.180. The number of hydrogen-bond donors (Lipinski definition) is 2. The van der Waals surface area contributed by atoms with E-state index in [1.165, 1.54) is 0 Å². The molecule has 0 saturated heterocycles. The number of carbonyl (C=O) groups is 2. The standard InChI is InChI=1S/C31H35N5O4.C25H23NO3/c1-4-36(5-2)23-11-13-27-29(21-23)40-28-20-22(3)10-12-26(28)30(27)24-8-6-7-9-25(24)31(37)33-14-16-38-18-19-39-17-15-34-35-32;1-4-26(5-2)17-11-13-21-23(15-17)29-22-14-16(3)10-12-20(22)24(21)18-8-6-7-9-19(18)25(27)28/h6-13,20-21H,3-5,14-19H2,1-2H3,(H,33,37);6-15H,3-5H2,1-2H3,(H,27,28). The highest BCUT2D eigenvalue weighted by Crippen LogP contribution is 2.41. The molecule has 0 atom stereocenters. The average Bonchev–Trinajstić information content (AvgIpc) is 3.36. The molecule has 0 aliphatic carbocycles. The predicted octanol–water partition coefficient (Wildman–Crippen LogP) is 8.36. The molecule has 6 aromatic carbocycles. The van der Waals surface area contributed by atoms with E-state index >= 15 is 0 Å². The number of carbonyl (C=O) groups excluding carboxylic acids is 1. The summed E-state index contributed by atoms with van der Waals surface area (Å²) in [5.41, 5.74) is 16.4. The molecule has 13 nitrogen and oxygen atoms in total. The second-order valence-electron chi connectivity index (χ2n) is 16.2. The number of benzene rings is 6. The van der Waals surface area contributed by atoms with E-state index in [-0.39, 0.29) is 11.5 Å². The molecule has 0 aromatic heterocycles. The number of carboxylic acids is 1. The summed E-state index contributed by atoms with van der Waals surface area (Å²) in [4.78, 5) is 32.5. The van der Waals surface area contributed by atoms with Gasteiger partial charge in [-0.15, -0.1) is 0 Å². The molecular weight excluding hydrogens is 869 g/mol. The second-order valence-corrected chi connectivity index (χ2v) is 16.2. The maximum absolute atomic E-state index is 13.4. The molecule has 0 bridgehead atoms. The SMILES string of the molecule is C=c1ccc2c(c1)Oc1cc(N(CC)CC)ccc1C=2c1ccccc1C(=O)NCCOCCOCCN=[N+]=[N-].C=c1ccc2c(c1)Oc1cc(N(CC)CC)ccc1C=2c1ccccc1C(=O)O. The number of ether oxygens (including phenoxy) is 4. The Kier molecular flexibility index (Phi) is 16.5. The summed E-state index contributed by atoms with van der Waals surface area (Å²) < 4.78 is 23.5. The molecule has 8 rings (SSSR count). The van der Waals surface area contributed by atoms with E-state index in [1.807, 2.05) is 84.9 Å². The van der Waals surface area contributed by atoms with Crippen molar-refractivity contribution in [3.05, 3.63) is 186 Å². The Labute approximate surface area is 402 Å². The first-order valence-electron chi connectivity index (χ1n) is 23.3. The highest BCUT2D eigenvalue weighted by atomic mass is 16.5. The van der Waals surface area contributed by atoms with Gasteiger partial charge in [0.15, 0.2) is 0 Å². The Morgan fingerprint density at radius 2 is 1.09 bits per heavy atom. The maximum Gasteiger partial charge on any atom is 0.336 e. The summed E-state index contributed by atoms with van der Waals surface area (Å²) in [6, 6.07) is 38.8. The van der Waals surface area contributed by atoms with Crippen LogP contribution in [0.25, 0.3) is 34.7 Å². The van der Waals surface area contributed by atoms with Gasteiger partial charge in [0, 0.05) is 106 Å². The van der Waals surface area contributed by atoms with E-state index < -0.39 is 5.97 Å². The Bertz CT molecular complexity index is 3120. The molecule has 0 radical (unpaired) electrons. The fourth-order valence-electron chi connectivity index (χ4n) is 8.59. The van der Waals surface area contributed by atoms with Crippen LogP contribution in [0.1, 0.15) is 70.7 Å².